The van der Waals surface area contributed by atoms with E-state index >= 15 is 0 Å². The van der Waals surface area contributed by atoms with Gasteiger partial charge in [-0.2, -0.15) is 0 Å². The Morgan fingerprint density at radius 3 is 2.76 bits per heavy atom. The van der Waals surface area contributed by atoms with Crippen LogP contribution in [0.1, 0.15) is 55.4 Å². The number of rotatable bonds is 2. The molecule has 2 heterocycles. The van der Waals surface area contributed by atoms with E-state index < -0.39 is 0 Å². The highest BCUT2D eigenvalue weighted by Gasteiger charge is 2.41. The van der Waals surface area contributed by atoms with Crippen LogP contribution in [0.15, 0.2) is 21.2 Å². The second-order valence-corrected chi connectivity index (χ2v) is 7.90. The third-order valence-corrected chi connectivity index (χ3v) is 5.71. The molecule has 1 atom stereocenters. The van der Waals surface area contributed by atoms with E-state index in [1.54, 1.807) is 6.20 Å². The van der Waals surface area contributed by atoms with Crippen LogP contribution in [0.2, 0.25) is 0 Å². The van der Waals surface area contributed by atoms with Crippen LogP contribution in [0.4, 0.5) is 0 Å². The summed E-state index contributed by atoms with van der Waals surface area (Å²) < 4.78 is 7.73. The summed E-state index contributed by atoms with van der Waals surface area (Å²) in [4.78, 5) is 17.1. The van der Waals surface area contributed by atoms with Gasteiger partial charge in [0.15, 0.2) is 5.78 Å². The molecule has 3 nitrogen and oxygen atoms in total. The van der Waals surface area contributed by atoms with Crippen molar-refractivity contribution in [3.05, 3.63) is 26.9 Å². The number of Topliss-reactive ketones (excluding diaryl/α,β-unsaturated/α-hetero) is 1. The van der Waals surface area contributed by atoms with Gasteiger partial charge in [0.05, 0.1) is 5.60 Å². The highest BCUT2D eigenvalue weighted by atomic mass is 79.9. The van der Waals surface area contributed by atoms with E-state index in [4.69, 9.17) is 4.74 Å². The highest BCUT2D eigenvalue weighted by Crippen LogP contribution is 2.41. The first-order valence-corrected chi connectivity index (χ1v) is 9.17. The zero-order valence-corrected chi connectivity index (χ0v) is 15.1. The zero-order chi connectivity index (χ0) is 14.9. The van der Waals surface area contributed by atoms with Crippen LogP contribution < -0.4 is 0 Å². The third kappa shape index (κ3) is 3.40. The number of hydrogen-bond donors (Lipinski definition) is 0. The van der Waals surface area contributed by atoms with Gasteiger partial charge in [0.1, 0.15) is 5.69 Å². The van der Waals surface area contributed by atoms with Crippen molar-refractivity contribution in [1.29, 1.82) is 0 Å². The maximum absolute atomic E-state index is 12.8. The molecule has 0 aromatic carbocycles. The van der Waals surface area contributed by atoms with Crippen molar-refractivity contribution in [3.63, 3.8) is 0 Å². The lowest BCUT2D eigenvalue weighted by atomic mass is 9.74. The monoisotopic (exact) mass is 415 g/mol. The van der Waals surface area contributed by atoms with E-state index in [0.29, 0.717) is 12.3 Å². The van der Waals surface area contributed by atoms with Gasteiger partial charge in [-0.1, -0.05) is 19.3 Å². The Labute approximate surface area is 142 Å². The Bertz CT molecular complexity index is 536. The summed E-state index contributed by atoms with van der Waals surface area (Å²) in [5.74, 6) is 0.199. The van der Waals surface area contributed by atoms with Crippen LogP contribution in [-0.4, -0.2) is 23.0 Å². The summed E-state index contributed by atoms with van der Waals surface area (Å²) in [6, 6.07) is 1.88. The van der Waals surface area contributed by atoms with Gasteiger partial charge in [-0.15, -0.1) is 0 Å². The van der Waals surface area contributed by atoms with Crippen LogP contribution in [0.3, 0.4) is 0 Å². The summed E-state index contributed by atoms with van der Waals surface area (Å²) >= 11 is 6.83. The number of hydrogen-bond acceptors (Lipinski definition) is 3. The molecule has 1 aromatic rings. The number of nitrogens with zero attached hydrogens (tertiary/aromatic N) is 1. The molecule has 1 saturated carbocycles. The van der Waals surface area contributed by atoms with E-state index in [1.165, 1.54) is 19.3 Å². The molecule has 21 heavy (non-hydrogen) atoms. The van der Waals surface area contributed by atoms with Gasteiger partial charge < -0.3 is 4.74 Å². The number of pyridine rings is 1. The molecule has 114 valence electrons. The van der Waals surface area contributed by atoms with Crippen LogP contribution in [0.5, 0.6) is 0 Å². The number of halogens is 2. The third-order valence-electron chi connectivity index (χ3n) is 4.67. The number of carbonyl (C=O) groups excluding carboxylic acids is 1. The molecule has 0 bridgehead atoms. The molecular weight excluding hydrogens is 398 g/mol. The fourth-order valence-electron chi connectivity index (χ4n) is 3.59. The van der Waals surface area contributed by atoms with Gasteiger partial charge in [-0.3, -0.25) is 9.78 Å². The zero-order valence-electron chi connectivity index (χ0n) is 11.9. The summed E-state index contributed by atoms with van der Waals surface area (Å²) in [6.45, 7) is 0.699. The largest absolute Gasteiger partial charge is 0.375 e. The molecule has 0 N–H and O–H groups in total. The normalized spacial score (nSPS) is 25.0. The van der Waals surface area contributed by atoms with Crippen molar-refractivity contribution in [2.75, 3.05) is 6.61 Å². The predicted molar refractivity (Wildman–Crippen MR) is 88.5 cm³/mol. The number of ether oxygens (including phenoxy) is 1. The minimum Gasteiger partial charge on any atom is -0.375 e. The van der Waals surface area contributed by atoms with E-state index in [1.807, 2.05) is 6.07 Å². The second-order valence-electron chi connectivity index (χ2n) is 6.13. The van der Waals surface area contributed by atoms with Gasteiger partial charge in [0.25, 0.3) is 0 Å². The lowest BCUT2D eigenvalue weighted by Gasteiger charge is -2.43. The molecule has 1 spiro atoms. The fourth-order valence-corrected chi connectivity index (χ4v) is 4.77. The summed E-state index contributed by atoms with van der Waals surface area (Å²) in [7, 11) is 0. The topological polar surface area (TPSA) is 39.2 Å². The number of carbonyl (C=O) groups is 1. The van der Waals surface area contributed by atoms with Crippen molar-refractivity contribution in [2.24, 2.45) is 5.92 Å². The van der Waals surface area contributed by atoms with Crippen molar-refractivity contribution in [2.45, 2.75) is 50.5 Å². The summed E-state index contributed by atoms with van der Waals surface area (Å²) in [5, 5.41) is 0. The molecule has 3 rings (SSSR count). The number of ketones is 1. The molecule has 1 saturated heterocycles. The quantitative estimate of drug-likeness (QED) is 0.642. The van der Waals surface area contributed by atoms with Gasteiger partial charge in [0.2, 0.25) is 0 Å². The first kappa shape index (κ1) is 15.6. The SMILES string of the molecule is O=C(c1ncc(Br)cc1Br)C1CCOC2(CCCCC2)C1. The van der Waals surface area contributed by atoms with Gasteiger partial charge >= 0.3 is 0 Å². The van der Waals surface area contributed by atoms with Gasteiger partial charge in [-0.05, 0) is 63.6 Å². The van der Waals surface area contributed by atoms with Gasteiger partial charge in [-0.25, -0.2) is 0 Å². The summed E-state index contributed by atoms with van der Waals surface area (Å²) in [5.41, 5.74) is 0.509. The van der Waals surface area contributed by atoms with Crippen molar-refractivity contribution < 1.29 is 9.53 Å². The molecular formula is C16H19Br2NO2. The Balaban J connectivity index is 1.77. The first-order valence-electron chi connectivity index (χ1n) is 7.59. The lowest BCUT2D eigenvalue weighted by Crippen LogP contribution is -2.43. The maximum atomic E-state index is 12.8. The van der Waals surface area contributed by atoms with Crippen molar-refractivity contribution in [1.82, 2.24) is 4.98 Å². The Kier molecular flexibility index (Phi) is 4.81. The molecule has 2 aliphatic rings. The highest BCUT2D eigenvalue weighted by molar-refractivity contribution is 9.11. The molecule has 5 heteroatoms. The minimum atomic E-state index is -0.0430. The predicted octanol–water partition coefficient (Wildman–Crippen LogP) is 4.92. The van der Waals surface area contributed by atoms with E-state index in [-0.39, 0.29) is 17.3 Å². The molecule has 1 aromatic heterocycles. The smallest absolute Gasteiger partial charge is 0.185 e. The van der Waals surface area contributed by atoms with E-state index in [0.717, 1.165) is 34.6 Å². The van der Waals surface area contributed by atoms with Gasteiger partial charge in [0, 0.05) is 27.7 Å². The number of aromatic nitrogens is 1. The molecule has 1 unspecified atom stereocenters. The van der Waals surface area contributed by atoms with Crippen molar-refractivity contribution >= 4 is 37.6 Å². The molecule has 1 aliphatic carbocycles. The fraction of sp³-hybridized carbons (Fsp3) is 0.625. The van der Waals surface area contributed by atoms with Crippen molar-refractivity contribution in [3.8, 4) is 0 Å². The van der Waals surface area contributed by atoms with Crippen LogP contribution >= 0.6 is 31.9 Å². The maximum Gasteiger partial charge on any atom is 0.185 e. The van der Waals surface area contributed by atoms with Crippen LogP contribution in [0, 0.1) is 5.92 Å². The molecule has 0 amide bonds. The molecule has 2 fully saturated rings. The van der Waals surface area contributed by atoms with Crippen LogP contribution in [-0.2, 0) is 4.74 Å². The van der Waals surface area contributed by atoms with Crippen LogP contribution in [0.25, 0.3) is 0 Å². The summed E-state index contributed by atoms with van der Waals surface area (Å²) in [6.07, 6.45) is 9.30. The average molecular weight is 417 g/mol. The molecule has 0 radical (unpaired) electrons. The van der Waals surface area contributed by atoms with E-state index in [9.17, 15) is 4.79 Å². The Morgan fingerprint density at radius 1 is 1.29 bits per heavy atom. The first-order chi connectivity index (χ1) is 10.1. The standard InChI is InChI=1S/C16H19Br2NO2/c17-12-8-13(18)14(19-10-12)15(20)11-4-7-21-16(9-11)5-2-1-3-6-16/h8,10-11H,1-7,9H2. The molecule has 1 aliphatic heterocycles. The average Bonchev–Trinajstić information content (AvgIpc) is 2.47. The lowest BCUT2D eigenvalue weighted by molar-refractivity contribution is -0.111. The Morgan fingerprint density at radius 2 is 2.05 bits per heavy atom. The minimum absolute atomic E-state index is 0.0430. The van der Waals surface area contributed by atoms with E-state index in [2.05, 4.69) is 36.8 Å². The Hall–Kier alpha value is -0.260. The second kappa shape index (κ2) is 6.47.